The third-order valence-corrected chi connectivity index (χ3v) is 3.39. The molecule has 1 N–H and O–H groups in total. The molecule has 0 spiro atoms. The van der Waals surface area contributed by atoms with Crippen molar-refractivity contribution < 1.29 is 19.0 Å². The lowest BCUT2D eigenvalue weighted by Crippen LogP contribution is -2.26. The summed E-state index contributed by atoms with van der Waals surface area (Å²) in [5.74, 6) is 0.776. The number of amides is 1. The van der Waals surface area contributed by atoms with E-state index >= 15 is 0 Å². The normalized spacial score (nSPS) is 12.0. The number of benzene rings is 2. The Labute approximate surface area is 141 Å². The lowest BCUT2D eigenvalue weighted by Gasteiger charge is -2.13. The summed E-state index contributed by atoms with van der Waals surface area (Å²) in [4.78, 5) is 12.2. The summed E-state index contributed by atoms with van der Waals surface area (Å²) in [5.41, 5.74) is 3.92. The predicted molar refractivity (Wildman–Crippen MR) is 91.5 cm³/mol. The van der Waals surface area contributed by atoms with Crippen molar-refractivity contribution in [3.8, 4) is 11.5 Å². The van der Waals surface area contributed by atoms with Gasteiger partial charge in [-0.15, -0.1) is 0 Å². The molecule has 0 aliphatic carbocycles. The van der Waals surface area contributed by atoms with Crippen LogP contribution >= 0.6 is 0 Å². The topological polar surface area (TPSA) is 69.2 Å². The van der Waals surface area contributed by atoms with Crippen molar-refractivity contribution in [2.45, 2.75) is 6.10 Å². The summed E-state index contributed by atoms with van der Waals surface area (Å²) < 4.78 is 15.8. The number of hydrazone groups is 1. The van der Waals surface area contributed by atoms with Gasteiger partial charge in [0.15, 0.2) is 17.6 Å². The van der Waals surface area contributed by atoms with Crippen LogP contribution in [0.25, 0.3) is 0 Å². The van der Waals surface area contributed by atoms with Crippen molar-refractivity contribution >= 4 is 12.1 Å². The van der Waals surface area contributed by atoms with Crippen molar-refractivity contribution in [1.82, 2.24) is 5.43 Å². The van der Waals surface area contributed by atoms with Crippen molar-refractivity contribution in [3.05, 3.63) is 59.7 Å². The third kappa shape index (κ3) is 4.11. The highest BCUT2D eigenvalue weighted by Crippen LogP contribution is 2.29. The van der Waals surface area contributed by atoms with Crippen LogP contribution in [0, 0.1) is 0 Å². The third-order valence-electron chi connectivity index (χ3n) is 3.39. The van der Waals surface area contributed by atoms with Gasteiger partial charge in [0, 0.05) is 12.7 Å². The van der Waals surface area contributed by atoms with Crippen LogP contribution in [0.2, 0.25) is 0 Å². The van der Waals surface area contributed by atoms with Gasteiger partial charge in [-0.2, -0.15) is 5.10 Å². The molecule has 0 heterocycles. The number of nitrogens with zero attached hydrogens (tertiary/aromatic N) is 1. The zero-order chi connectivity index (χ0) is 17.4. The van der Waals surface area contributed by atoms with Gasteiger partial charge in [0.2, 0.25) is 0 Å². The second kappa shape index (κ2) is 8.69. The number of hydrogen-bond acceptors (Lipinski definition) is 5. The Morgan fingerprint density at radius 2 is 1.79 bits per heavy atom. The van der Waals surface area contributed by atoms with E-state index in [4.69, 9.17) is 14.2 Å². The number of nitrogens with one attached hydrogen (secondary N) is 1. The summed E-state index contributed by atoms with van der Waals surface area (Å²) in [6.45, 7) is 0. The molecule has 0 saturated carbocycles. The quantitative estimate of drug-likeness (QED) is 0.626. The number of methoxy groups -OCH3 is 3. The van der Waals surface area contributed by atoms with E-state index in [1.54, 1.807) is 20.3 Å². The molecule has 0 bridgehead atoms. The first-order chi connectivity index (χ1) is 11.7. The van der Waals surface area contributed by atoms with Crippen molar-refractivity contribution in [3.63, 3.8) is 0 Å². The molecule has 2 rings (SSSR count). The highest BCUT2D eigenvalue weighted by molar-refractivity contribution is 5.87. The minimum atomic E-state index is -0.726. The molecule has 2 aromatic rings. The molecule has 0 aliphatic heterocycles. The van der Waals surface area contributed by atoms with E-state index < -0.39 is 6.10 Å². The number of rotatable bonds is 7. The molecule has 1 amide bonds. The van der Waals surface area contributed by atoms with Gasteiger partial charge in [0.25, 0.3) is 5.91 Å². The van der Waals surface area contributed by atoms with Gasteiger partial charge in [-0.3, -0.25) is 4.79 Å². The lowest BCUT2D eigenvalue weighted by molar-refractivity contribution is -0.131. The van der Waals surface area contributed by atoms with Crippen LogP contribution in [-0.2, 0) is 9.53 Å². The fourth-order valence-electron chi connectivity index (χ4n) is 2.26. The molecular weight excluding hydrogens is 308 g/mol. The Balaban J connectivity index is 2.10. The van der Waals surface area contributed by atoms with Gasteiger partial charge >= 0.3 is 0 Å². The van der Waals surface area contributed by atoms with Crippen LogP contribution in [0.5, 0.6) is 11.5 Å². The van der Waals surface area contributed by atoms with Crippen LogP contribution in [0.4, 0.5) is 0 Å². The minimum Gasteiger partial charge on any atom is -0.493 e. The highest BCUT2D eigenvalue weighted by Gasteiger charge is 2.19. The Kier molecular flexibility index (Phi) is 6.33. The Morgan fingerprint density at radius 3 is 2.42 bits per heavy atom. The molecule has 0 saturated heterocycles. The number of carbonyl (C=O) groups is 1. The molecule has 0 aliphatic rings. The van der Waals surface area contributed by atoms with Gasteiger partial charge in [0.05, 0.1) is 20.4 Å². The predicted octanol–water partition coefficient (Wildman–Crippen LogP) is 2.54. The van der Waals surface area contributed by atoms with Crippen molar-refractivity contribution in [2.24, 2.45) is 5.10 Å². The molecule has 6 nitrogen and oxygen atoms in total. The van der Waals surface area contributed by atoms with Crippen LogP contribution in [0.1, 0.15) is 17.2 Å². The Morgan fingerprint density at radius 1 is 1.04 bits per heavy atom. The standard InChI is InChI=1S/C18H20N2O4/c1-22-15-11-7-10-14(16(15)23-2)12-19-20-18(21)17(24-3)13-8-5-4-6-9-13/h4-12,17H,1-3H3,(H,20,21)/b19-12+. The van der Waals surface area contributed by atoms with Crippen molar-refractivity contribution in [1.29, 1.82) is 0 Å². The molecule has 24 heavy (non-hydrogen) atoms. The van der Waals surface area contributed by atoms with E-state index in [-0.39, 0.29) is 5.91 Å². The maximum Gasteiger partial charge on any atom is 0.273 e. The summed E-state index contributed by atoms with van der Waals surface area (Å²) in [7, 11) is 4.58. The minimum absolute atomic E-state index is 0.359. The number of hydrogen-bond donors (Lipinski definition) is 1. The summed E-state index contributed by atoms with van der Waals surface area (Å²) in [6, 6.07) is 14.6. The van der Waals surface area contributed by atoms with Crippen LogP contribution in [-0.4, -0.2) is 33.5 Å². The molecule has 0 radical (unpaired) electrons. The largest absolute Gasteiger partial charge is 0.493 e. The maximum atomic E-state index is 12.2. The molecule has 0 aromatic heterocycles. The van der Waals surface area contributed by atoms with Gasteiger partial charge in [-0.05, 0) is 17.7 Å². The van der Waals surface area contributed by atoms with Gasteiger partial charge in [0.1, 0.15) is 0 Å². The first kappa shape index (κ1) is 17.5. The second-order valence-corrected chi connectivity index (χ2v) is 4.84. The Hall–Kier alpha value is -2.86. The zero-order valence-electron chi connectivity index (χ0n) is 13.9. The lowest BCUT2D eigenvalue weighted by atomic mass is 10.1. The van der Waals surface area contributed by atoms with Crippen molar-refractivity contribution in [2.75, 3.05) is 21.3 Å². The van der Waals surface area contributed by atoms with Gasteiger partial charge in [-0.1, -0.05) is 36.4 Å². The molecule has 1 atom stereocenters. The SMILES string of the molecule is COc1cccc(/C=N/NC(=O)C(OC)c2ccccc2)c1OC. The monoisotopic (exact) mass is 328 g/mol. The first-order valence-corrected chi connectivity index (χ1v) is 7.33. The van der Waals surface area contributed by atoms with Crippen LogP contribution < -0.4 is 14.9 Å². The zero-order valence-corrected chi connectivity index (χ0v) is 13.9. The van der Waals surface area contributed by atoms with E-state index in [1.165, 1.54) is 13.3 Å². The average molecular weight is 328 g/mol. The van der Waals surface area contributed by atoms with E-state index in [9.17, 15) is 4.79 Å². The highest BCUT2D eigenvalue weighted by atomic mass is 16.5. The molecule has 2 aromatic carbocycles. The summed E-state index contributed by atoms with van der Waals surface area (Å²) in [6.07, 6.45) is 0.771. The average Bonchev–Trinajstić information content (AvgIpc) is 2.63. The fourth-order valence-corrected chi connectivity index (χ4v) is 2.26. The molecular formula is C18H20N2O4. The second-order valence-electron chi connectivity index (χ2n) is 4.84. The Bertz CT molecular complexity index is 701. The number of para-hydroxylation sites is 1. The van der Waals surface area contributed by atoms with E-state index in [1.807, 2.05) is 42.5 Å². The van der Waals surface area contributed by atoms with Gasteiger partial charge < -0.3 is 14.2 Å². The molecule has 1 unspecified atom stereocenters. The maximum absolute atomic E-state index is 12.2. The first-order valence-electron chi connectivity index (χ1n) is 7.33. The van der Waals surface area contributed by atoms with Crippen LogP contribution in [0.15, 0.2) is 53.6 Å². The van der Waals surface area contributed by atoms with E-state index in [2.05, 4.69) is 10.5 Å². The smallest absolute Gasteiger partial charge is 0.273 e. The molecule has 0 fully saturated rings. The molecule has 6 heteroatoms. The molecule has 126 valence electrons. The van der Waals surface area contributed by atoms with Crippen LogP contribution in [0.3, 0.4) is 0 Å². The number of carbonyl (C=O) groups excluding carboxylic acids is 1. The van der Waals surface area contributed by atoms with E-state index in [0.29, 0.717) is 17.1 Å². The van der Waals surface area contributed by atoms with E-state index in [0.717, 1.165) is 5.56 Å². The fraction of sp³-hybridized carbons (Fsp3) is 0.222. The summed E-state index contributed by atoms with van der Waals surface area (Å²) in [5, 5.41) is 3.98. The number of ether oxygens (including phenoxy) is 3. The van der Waals surface area contributed by atoms with Gasteiger partial charge in [-0.25, -0.2) is 5.43 Å². The summed E-state index contributed by atoms with van der Waals surface area (Å²) >= 11 is 0.